The van der Waals surface area contributed by atoms with Gasteiger partial charge in [-0.1, -0.05) is 0 Å². The summed E-state index contributed by atoms with van der Waals surface area (Å²) in [7, 11) is 0. The van der Waals surface area contributed by atoms with Gasteiger partial charge in [-0.25, -0.2) is 9.50 Å². The quantitative estimate of drug-likeness (QED) is 0.563. The molecule has 2 aromatic rings. The Balaban J connectivity index is 2.86. The van der Waals surface area contributed by atoms with Crippen molar-refractivity contribution in [3.63, 3.8) is 0 Å². The Morgan fingerprint density at radius 3 is 2.91 bits per heavy atom. The molecule has 2 rings (SSSR count). The molecule has 0 radical (unpaired) electrons. The van der Waals surface area contributed by atoms with E-state index >= 15 is 0 Å². The van der Waals surface area contributed by atoms with Crippen LogP contribution in [0.1, 0.15) is 11.3 Å². The van der Waals surface area contributed by atoms with Crippen LogP contribution >= 0.6 is 0 Å². The standard InChI is InChI=1S/C8H9N3/c1-6-3-8-9-5-7(2)11(8)10-4-6/h3-5H,1-2H3. The monoisotopic (exact) mass is 147 g/mol. The van der Waals surface area contributed by atoms with Crippen LogP contribution in [0.15, 0.2) is 18.5 Å². The number of imidazole rings is 1. The Bertz CT molecular complexity index is 389. The van der Waals surface area contributed by atoms with Crippen molar-refractivity contribution in [2.75, 3.05) is 0 Å². The molecule has 2 heterocycles. The molecule has 0 unspecified atom stereocenters. The Hall–Kier alpha value is -1.38. The molecule has 56 valence electrons. The topological polar surface area (TPSA) is 30.2 Å². The van der Waals surface area contributed by atoms with Gasteiger partial charge in [-0.05, 0) is 25.5 Å². The SMILES string of the molecule is Cc1cnn2c(C)cnc2c1. The Morgan fingerprint density at radius 2 is 2.09 bits per heavy atom. The van der Waals surface area contributed by atoms with Gasteiger partial charge in [0.15, 0.2) is 5.65 Å². The van der Waals surface area contributed by atoms with E-state index in [9.17, 15) is 0 Å². The number of rotatable bonds is 0. The first kappa shape index (κ1) is 6.34. The summed E-state index contributed by atoms with van der Waals surface area (Å²) in [6, 6.07) is 2.01. The summed E-state index contributed by atoms with van der Waals surface area (Å²) >= 11 is 0. The molecule has 3 heteroatoms. The van der Waals surface area contributed by atoms with E-state index in [0.29, 0.717) is 0 Å². The van der Waals surface area contributed by atoms with Gasteiger partial charge < -0.3 is 0 Å². The van der Waals surface area contributed by atoms with Crippen LogP contribution in [0.2, 0.25) is 0 Å². The van der Waals surface area contributed by atoms with Gasteiger partial charge in [0.2, 0.25) is 0 Å². The summed E-state index contributed by atoms with van der Waals surface area (Å²) in [6.45, 7) is 4.00. The van der Waals surface area contributed by atoms with Crippen LogP contribution in [-0.2, 0) is 0 Å². The highest BCUT2D eigenvalue weighted by Gasteiger charge is 1.97. The van der Waals surface area contributed by atoms with Crippen LogP contribution in [0.4, 0.5) is 0 Å². The largest absolute Gasteiger partial charge is 0.235 e. The minimum atomic E-state index is 0.919. The molecule has 0 spiro atoms. The molecular formula is C8H9N3. The first-order valence-corrected chi connectivity index (χ1v) is 3.54. The molecule has 0 saturated carbocycles. The van der Waals surface area contributed by atoms with Crippen molar-refractivity contribution in [1.29, 1.82) is 0 Å². The second-order valence-electron chi connectivity index (χ2n) is 2.70. The molecule has 2 aromatic heterocycles. The van der Waals surface area contributed by atoms with E-state index in [1.54, 1.807) is 0 Å². The number of hydrogen-bond acceptors (Lipinski definition) is 2. The number of nitrogens with zero attached hydrogens (tertiary/aromatic N) is 3. The zero-order valence-corrected chi connectivity index (χ0v) is 6.57. The summed E-state index contributed by atoms with van der Waals surface area (Å²) in [6.07, 6.45) is 3.66. The maximum Gasteiger partial charge on any atom is 0.154 e. The summed E-state index contributed by atoms with van der Waals surface area (Å²) in [4.78, 5) is 4.18. The molecule has 11 heavy (non-hydrogen) atoms. The third-order valence-corrected chi connectivity index (χ3v) is 1.67. The minimum Gasteiger partial charge on any atom is -0.235 e. The van der Waals surface area contributed by atoms with E-state index < -0.39 is 0 Å². The van der Waals surface area contributed by atoms with E-state index in [2.05, 4.69) is 10.1 Å². The maximum atomic E-state index is 4.19. The smallest absolute Gasteiger partial charge is 0.154 e. The van der Waals surface area contributed by atoms with Gasteiger partial charge >= 0.3 is 0 Å². The summed E-state index contributed by atoms with van der Waals surface area (Å²) in [5.41, 5.74) is 3.13. The highest BCUT2D eigenvalue weighted by Crippen LogP contribution is 2.04. The van der Waals surface area contributed by atoms with Gasteiger partial charge in [0, 0.05) is 0 Å². The maximum absolute atomic E-state index is 4.19. The Labute approximate surface area is 64.7 Å². The van der Waals surface area contributed by atoms with Crippen molar-refractivity contribution in [3.8, 4) is 0 Å². The fraction of sp³-hybridized carbons (Fsp3) is 0.250. The summed E-state index contributed by atoms with van der Waals surface area (Å²) in [5, 5.41) is 4.19. The second-order valence-corrected chi connectivity index (χ2v) is 2.70. The van der Waals surface area contributed by atoms with Gasteiger partial charge in [0.1, 0.15) is 0 Å². The molecule has 0 aliphatic heterocycles. The molecule has 3 nitrogen and oxygen atoms in total. The second kappa shape index (κ2) is 2.05. The number of hydrogen-bond donors (Lipinski definition) is 0. The van der Waals surface area contributed by atoms with Crippen molar-refractivity contribution in [2.45, 2.75) is 13.8 Å². The van der Waals surface area contributed by atoms with Crippen LogP contribution in [0.5, 0.6) is 0 Å². The van der Waals surface area contributed by atoms with Gasteiger partial charge in [-0.15, -0.1) is 0 Å². The minimum absolute atomic E-state index is 0.919. The fourth-order valence-corrected chi connectivity index (χ4v) is 1.09. The first-order valence-electron chi connectivity index (χ1n) is 3.54. The average molecular weight is 147 g/mol. The number of aromatic nitrogens is 3. The van der Waals surface area contributed by atoms with Crippen LogP contribution in [-0.4, -0.2) is 14.6 Å². The molecule has 0 saturated heterocycles. The molecular weight excluding hydrogens is 138 g/mol. The van der Waals surface area contributed by atoms with Gasteiger partial charge in [-0.3, -0.25) is 0 Å². The van der Waals surface area contributed by atoms with Crippen molar-refractivity contribution in [2.24, 2.45) is 0 Å². The van der Waals surface area contributed by atoms with E-state index in [1.165, 1.54) is 0 Å². The summed E-state index contributed by atoms with van der Waals surface area (Å²) in [5.74, 6) is 0. The summed E-state index contributed by atoms with van der Waals surface area (Å²) < 4.78 is 1.83. The molecule has 0 aliphatic rings. The highest BCUT2D eigenvalue weighted by atomic mass is 15.2. The predicted molar refractivity (Wildman–Crippen MR) is 42.5 cm³/mol. The third kappa shape index (κ3) is 0.888. The van der Waals surface area contributed by atoms with Crippen molar-refractivity contribution in [1.82, 2.24) is 14.6 Å². The highest BCUT2D eigenvalue weighted by molar-refractivity contribution is 5.40. The molecule has 0 fully saturated rings. The number of fused-ring (bicyclic) bond motifs is 1. The zero-order chi connectivity index (χ0) is 7.84. The lowest BCUT2D eigenvalue weighted by Gasteiger charge is -1.94. The third-order valence-electron chi connectivity index (χ3n) is 1.67. The van der Waals surface area contributed by atoms with E-state index in [-0.39, 0.29) is 0 Å². The number of aryl methyl sites for hydroxylation is 2. The molecule has 0 atom stereocenters. The van der Waals surface area contributed by atoms with Gasteiger partial charge in [0.25, 0.3) is 0 Å². The molecule has 0 N–H and O–H groups in total. The van der Waals surface area contributed by atoms with Crippen molar-refractivity contribution < 1.29 is 0 Å². The molecule has 0 aromatic carbocycles. The van der Waals surface area contributed by atoms with E-state index in [1.807, 2.05) is 36.8 Å². The van der Waals surface area contributed by atoms with Crippen LogP contribution in [0, 0.1) is 13.8 Å². The zero-order valence-electron chi connectivity index (χ0n) is 6.57. The predicted octanol–water partition coefficient (Wildman–Crippen LogP) is 1.35. The average Bonchev–Trinajstić information content (AvgIpc) is 2.32. The molecule has 0 bridgehead atoms. The van der Waals surface area contributed by atoms with Crippen LogP contribution in [0.25, 0.3) is 5.65 Å². The normalized spacial score (nSPS) is 10.7. The van der Waals surface area contributed by atoms with Crippen LogP contribution in [0.3, 0.4) is 0 Å². The molecule has 0 amide bonds. The Morgan fingerprint density at radius 1 is 1.27 bits per heavy atom. The van der Waals surface area contributed by atoms with Crippen LogP contribution < -0.4 is 0 Å². The molecule has 0 aliphatic carbocycles. The van der Waals surface area contributed by atoms with Gasteiger partial charge in [0.05, 0.1) is 18.1 Å². The lowest BCUT2D eigenvalue weighted by atomic mass is 10.3. The van der Waals surface area contributed by atoms with E-state index in [4.69, 9.17) is 0 Å². The van der Waals surface area contributed by atoms with Gasteiger partial charge in [-0.2, -0.15) is 5.10 Å². The van der Waals surface area contributed by atoms with E-state index in [0.717, 1.165) is 16.9 Å². The van der Waals surface area contributed by atoms with Crippen molar-refractivity contribution >= 4 is 5.65 Å². The van der Waals surface area contributed by atoms with Crippen molar-refractivity contribution in [3.05, 3.63) is 29.7 Å². The first-order chi connectivity index (χ1) is 5.27. The Kier molecular flexibility index (Phi) is 1.18. The lowest BCUT2D eigenvalue weighted by Crippen LogP contribution is -1.92. The fourth-order valence-electron chi connectivity index (χ4n) is 1.09. The lowest BCUT2D eigenvalue weighted by molar-refractivity contribution is 0.892.